The Hall–Kier alpha value is -0.370. The molecule has 15 heavy (non-hydrogen) atoms. The molecular formula is C13H24O2. The van der Waals surface area contributed by atoms with Crippen LogP contribution in [0.1, 0.15) is 46.0 Å². The fraction of sp³-hybridized carbons (Fsp3) is 0.923. The highest BCUT2D eigenvalue weighted by Crippen LogP contribution is 2.31. The van der Waals surface area contributed by atoms with Crippen molar-refractivity contribution < 1.29 is 9.53 Å². The van der Waals surface area contributed by atoms with Crippen LogP contribution in [0.5, 0.6) is 0 Å². The van der Waals surface area contributed by atoms with Gasteiger partial charge in [-0.1, -0.05) is 26.7 Å². The Labute approximate surface area is 93.4 Å². The number of ether oxygens (including phenoxy) is 1. The van der Waals surface area contributed by atoms with Gasteiger partial charge >= 0.3 is 0 Å². The van der Waals surface area contributed by atoms with E-state index in [0.717, 1.165) is 25.2 Å². The van der Waals surface area contributed by atoms with Crippen molar-refractivity contribution in [1.82, 2.24) is 0 Å². The van der Waals surface area contributed by atoms with Gasteiger partial charge in [0.15, 0.2) is 0 Å². The molecule has 0 aliphatic heterocycles. The summed E-state index contributed by atoms with van der Waals surface area (Å²) < 4.78 is 5.02. The molecule has 1 aliphatic carbocycles. The highest BCUT2D eigenvalue weighted by molar-refractivity contribution is 5.83. The Kier molecular flexibility index (Phi) is 5.30. The molecule has 2 heteroatoms. The first-order chi connectivity index (χ1) is 7.15. The smallest absolute Gasteiger partial charge is 0.138 e. The second kappa shape index (κ2) is 6.26. The number of ketones is 1. The van der Waals surface area contributed by atoms with E-state index in [-0.39, 0.29) is 5.92 Å². The fourth-order valence-electron chi connectivity index (χ4n) is 2.53. The van der Waals surface area contributed by atoms with E-state index in [2.05, 4.69) is 6.92 Å². The van der Waals surface area contributed by atoms with Crippen LogP contribution in [0.25, 0.3) is 0 Å². The van der Waals surface area contributed by atoms with E-state index >= 15 is 0 Å². The highest BCUT2D eigenvalue weighted by atomic mass is 16.5. The minimum atomic E-state index is 0.181. The Balaban J connectivity index is 2.37. The van der Waals surface area contributed by atoms with Crippen LogP contribution >= 0.6 is 0 Å². The molecule has 1 saturated carbocycles. The molecule has 3 unspecified atom stereocenters. The zero-order valence-electron chi connectivity index (χ0n) is 10.3. The van der Waals surface area contributed by atoms with Crippen LogP contribution in [-0.4, -0.2) is 19.5 Å². The molecule has 0 spiro atoms. The standard InChI is InChI=1S/C13H24O2/c1-10-5-4-6-12(9-10)13(14)11(2)7-8-15-3/h10-12H,4-9H2,1-3H3. The van der Waals surface area contributed by atoms with Crippen molar-refractivity contribution in [1.29, 1.82) is 0 Å². The lowest BCUT2D eigenvalue weighted by Gasteiger charge is -2.27. The van der Waals surface area contributed by atoms with E-state index in [9.17, 15) is 4.79 Å². The zero-order valence-corrected chi connectivity index (χ0v) is 10.3. The number of hydrogen-bond acceptors (Lipinski definition) is 2. The Morgan fingerprint density at radius 3 is 2.80 bits per heavy atom. The van der Waals surface area contributed by atoms with Crippen LogP contribution in [-0.2, 0) is 9.53 Å². The second-order valence-electron chi connectivity index (χ2n) is 5.05. The van der Waals surface area contributed by atoms with Gasteiger partial charge in [-0.05, 0) is 25.2 Å². The Bertz CT molecular complexity index is 201. The van der Waals surface area contributed by atoms with Crippen molar-refractivity contribution >= 4 is 5.78 Å². The summed E-state index contributed by atoms with van der Waals surface area (Å²) >= 11 is 0. The molecule has 88 valence electrons. The molecule has 1 fully saturated rings. The largest absolute Gasteiger partial charge is 0.385 e. The van der Waals surface area contributed by atoms with Crippen molar-refractivity contribution in [3.05, 3.63) is 0 Å². The second-order valence-corrected chi connectivity index (χ2v) is 5.05. The molecule has 0 saturated heterocycles. The Morgan fingerprint density at radius 1 is 1.47 bits per heavy atom. The molecule has 0 bridgehead atoms. The van der Waals surface area contributed by atoms with E-state index in [1.54, 1.807) is 7.11 Å². The van der Waals surface area contributed by atoms with Crippen molar-refractivity contribution in [3.63, 3.8) is 0 Å². The maximum absolute atomic E-state index is 12.1. The van der Waals surface area contributed by atoms with Gasteiger partial charge in [0.25, 0.3) is 0 Å². The molecule has 2 nitrogen and oxygen atoms in total. The minimum Gasteiger partial charge on any atom is -0.385 e. The van der Waals surface area contributed by atoms with Crippen LogP contribution in [0.3, 0.4) is 0 Å². The lowest BCUT2D eigenvalue weighted by molar-refractivity contribution is -0.128. The first kappa shape index (κ1) is 12.7. The van der Waals surface area contributed by atoms with Crippen molar-refractivity contribution in [2.45, 2.75) is 46.0 Å². The summed E-state index contributed by atoms with van der Waals surface area (Å²) in [6.45, 7) is 5.01. The predicted octanol–water partition coefficient (Wildman–Crippen LogP) is 3.05. The molecule has 0 N–H and O–H groups in total. The number of Topliss-reactive ketones (excluding diaryl/α,β-unsaturated/α-hetero) is 1. The molecule has 3 atom stereocenters. The summed E-state index contributed by atoms with van der Waals surface area (Å²) in [6.07, 6.45) is 5.63. The summed E-state index contributed by atoms with van der Waals surface area (Å²) in [5, 5.41) is 0. The third kappa shape index (κ3) is 3.94. The lowest BCUT2D eigenvalue weighted by Crippen LogP contribution is -2.27. The molecule has 1 rings (SSSR count). The lowest BCUT2D eigenvalue weighted by atomic mass is 9.77. The van der Waals surface area contributed by atoms with Gasteiger partial charge in [0.05, 0.1) is 0 Å². The summed E-state index contributed by atoms with van der Waals surface area (Å²) in [5.74, 6) is 1.72. The minimum absolute atomic E-state index is 0.181. The SMILES string of the molecule is COCCC(C)C(=O)C1CCCC(C)C1. The third-order valence-corrected chi connectivity index (χ3v) is 3.58. The predicted molar refractivity (Wildman–Crippen MR) is 61.8 cm³/mol. The number of methoxy groups -OCH3 is 1. The monoisotopic (exact) mass is 212 g/mol. The maximum Gasteiger partial charge on any atom is 0.138 e. The van der Waals surface area contributed by atoms with Crippen LogP contribution in [0.4, 0.5) is 0 Å². The summed E-state index contributed by atoms with van der Waals surface area (Å²) in [6, 6.07) is 0. The van der Waals surface area contributed by atoms with E-state index in [1.165, 1.54) is 12.8 Å². The highest BCUT2D eigenvalue weighted by Gasteiger charge is 2.27. The van der Waals surface area contributed by atoms with Crippen molar-refractivity contribution in [2.75, 3.05) is 13.7 Å². The van der Waals surface area contributed by atoms with Crippen LogP contribution in [0.2, 0.25) is 0 Å². The van der Waals surface area contributed by atoms with Gasteiger partial charge in [-0.2, -0.15) is 0 Å². The number of carbonyl (C=O) groups is 1. The van der Waals surface area contributed by atoms with Gasteiger partial charge in [-0.3, -0.25) is 4.79 Å². The molecular weight excluding hydrogens is 188 g/mol. The average molecular weight is 212 g/mol. The van der Waals surface area contributed by atoms with Crippen LogP contribution < -0.4 is 0 Å². The molecule has 0 radical (unpaired) electrons. The summed E-state index contributed by atoms with van der Waals surface area (Å²) in [5.41, 5.74) is 0. The van der Waals surface area contributed by atoms with Crippen LogP contribution in [0, 0.1) is 17.8 Å². The summed E-state index contributed by atoms with van der Waals surface area (Å²) in [7, 11) is 1.69. The molecule has 1 aliphatic rings. The Morgan fingerprint density at radius 2 is 2.20 bits per heavy atom. The quantitative estimate of drug-likeness (QED) is 0.700. The normalized spacial score (nSPS) is 28.7. The molecule has 0 heterocycles. The maximum atomic E-state index is 12.1. The van der Waals surface area contributed by atoms with Gasteiger partial charge in [-0.25, -0.2) is 0 Å². The number of rotatable bonds is 5. The van der Waals surface area contributed by atoms with Gasteiger partial charge in [0.2, 0.25) is 0 Å². The number of carbonyl (C=O) groups excluding carboxylic acids is 1. The topological polar surface area (TPSA) is 26.3 Å². The van der Waals surface area contributed by atoms with E-state index in [1.807, 2.05) is 6.92 Å². The molecule has 0 amide bonds. The summed E-state index contributed by atoms with van der Waals surface area (Å²) in [4.78, 5) is 12.1. The zero-order chi connectivity index (χ0) is 11.3. The molecule has 0 aromatic rings. The fourth-order valence-corrected chi connectivity index (χ4v) is 2.53. The van der Waals surface area contributed by atoms with Crippen molar-refractivity contribution in [3.8, 4) is 0 Å². The van der Waals surface area contributed by atoms with Gasteiger partial charge < -0.3 is 4.74 Å². The first-order valence-corrected chi connectivity index (χ1v) is 6.17. The van der Waals surface area contributed by atoms with E-state index < -0.39 is 0 Å². The van der Waals surface area contributed by atoms with Crippen LogP contribution in [0.15, 0.2) is 0 Å². The molecule has 0 aromatic carbocycles. The first-order valence-electron chi connectivity index (χ1n) is 6.17. The van der Waals surface area contributed by atoms with Crippen molar-refractivity contribution in [2.24, 2.45) is 17.8 Å². The van der Waals surface area contributed by atoms with Gasteiger partial charge in [-0.15, -0.1) is 0 Å². The molecule has 0 aromatic heterocycles. The third-order valence-electron chi connectivity index (χ3n) is 3.58. The van der Waals surface area contributed by atoms with Gasteiger partial charge in [0.1, 0.15) is 5.78 Å². The van der Waals surface area contributed by atoms with E-state index in [0.29, 0.717) is 18.3 Å². The average Bonchev–Trinajstić information content (AvgIpc) is 2.24. The van der Waals surface area contributed by atoms with Gasteiger partial charge in [0, 0.05) is 25.6 Å². The number of hydrogen-bond donors (Lipinski definition) is 0. The van der Waals surface area contributed by atoms with E-state index in [4.69, 9.17) is 4.74 Å².